The van der Waals surface area contributed by atoms with Crippen LogP contribution in [0, 0.1) is 0 Å². The van der Waals surface area contributed by atoms with Gasteiger partial charge in [-0.05, 0) is 33.6 Å². The first kappa shape index (κ1) is 16.2. The molecule has 5 heteroatoms. The number of carbonyl (C=O) groups excluding carboxylic acids is 1. The lowest BCUT2D eigenvalue weighted by molar-refractivity contribution is 0.0139. The summed E-state index contributed by atoms with van der Waals surface area (Å²) in [4.78, 5) is 12.9. The Morgan fingerprint density at radius 1 is 1.35 bits per heavy atom. The number of hydrogen-bond donors (Lipinski definition) is 0. The van der Waals surface area contributed by atoms with Crippen LogP contribution in [0.25, 0.3) is 0 Å². The van der Waals surface area contributed by atoms with E-state index in [1.807, 2.05) is 20.8 Å². The van der Waals surface area contributed by atoms with Crippen molar-refractivity contribution in [2.45, 2.75) is 45.4 Å². The van der Waals surface area contributed by atoms with E-state index in [1.54, 1.807) is 14.2 Å². The van der Waals surface area contributed by atoms with Gasteiger partial charge in [-0.3, -0.25) is 0 Å². The number of rotatable bonds is 0. The summed E-state index contributed by atoms with van der Waals surface area (Å²) in [5, 5.41) is 0. The van der Waals surface area contributed by atoms with Gasteiger partial charge in [0.05, 0.1) is 6.54 Å². The highest BCUT2D eigenvalue weighted by Gasteiger charge is 2.27. The number of ether oxygens (including phenoxy) is 2. The van der Waals surface area contributed by atoms with Gasteiger partial charge < -0.3 is 14.4 Å². The number of piperidine rings is 1. The van der Waals surface area contributed by atoms with Gasteiger partial charge in [-0.15, -0.1) is 0 Å². The fourth-order valence-electron chi connectivity index (χ4n) is 1.42. The number of amides is 1. The summed E-state index contributed by atoms with van der Waals surface area (Å²) < 4.78 is 22.4. The molecule has 1 atom stereocenters. The molecule has 0 saturated carbocycles. The van der Waals surface area contributed by atoms with Crippen molar-refractivity contribution in [1.29, 1.82) is 0 Å². The molecule has 1 heterocycles. The zero-order valence-electron chi connectivity index (χ0n) is 11.5. The smallest absolute Gasteiger partial charge is 0.410 e. The maximum atomic E-state index is 13.0. The normalized spacial score (nSPS) is 20.4. The highest BCUT2D eigenvalue weighted by Crippen LogP contribution is 2.16. The van der Waals surface area contributed by atoms with Gasteiger partial charge in [0.1, 0.15) is 11.8 Å². The minimum atomic E-state index is -0.892. The van der Waals surface area contributed by atoms with Gasteiger partial charge in [0, 0.05) is 20.8 Å². The van der Waals surface area contributed by atoms with E-state index in [9.17, 15) is 9.18 Å². The van der Waals surface area contributed by atoms with Crippen LogP contribution in [0.3, 0.4) is 0 Å². The number of halogens is 1. The van der Waals surface area contributed by atoms with Crippen LogP contribution in [-0.4, -0.2) is 50.1 Å². The van der Waals surface area contributed by atoms with Crippen LogP contribution in [-0.2, 0) is 9.47 Å². The molecule has 0 aromatic carbocycles. The van der Waals surface area contributed by atoms with Crippen LogP contribution in [0.1, 0.15) is 33.6 Å². The fraction of sp³-hybridized carbons (Fsp3) is 0.917. The highest BCUT2D eigenvalue weighted by atomic mass is 19.1. The molecular weight excluding hydrogens is 225 g/mol. The summed E-state index contributed by atoms with van der Waals surface area (Å²) in [6, 6.07) is 0. The van der Waals surface area contributed by atoms with Gasteiger partial charge >= 0.3 is 6.09 Å². The Hall–Kier alpha value is -0.840. The van der Waals surface area contributed by atoms with E-state index in [2.05, 4.69) is 4.74 Å². The summed E-state index contributed by atoms with van der Waals surface area (Å²) in [5.41, 5.74) is -0.500. The minimum Gasteiger partial charge on any atom is -0.444 e. The summed E-state index contributed by atoms with van der Waals surface area (Å²) in [5.74, 6) is 0. The largest absolute Gasteiger partial charge is 0.444 e. The second-order valence-electron chi connectivity index (χ2n) is 5.07. The van der Waals surface area contributed by atoms with Gasteiger partial charge in [-0.25, -0.2) is 9.18 Å². The SMILES string of the molecule is CC(C)(C)OC(=O)N1CCCC(F)C1.COC. The first-order valence-electron chi connectivity index (χ1n) is 5.82. The predicted molar refractivity (Wildman–Crippen MR) is 64.9 cm³/mol. The topological polar surface area (TPSA) is 38.8 Å². The molecule has 0 radical (unpaired) electrons. The van der Waals surface area contributed by atoms with Crippen LogP contribution >= 0.6 is 0 Å². The number of nitrogens with zero attached hydrogens (tertiary/aromatic N) is 1. The van der Waals surface area contributed by atoms with Gasteiger partial charge in [-0.2, -0.15) is 0 Å². The first-order chi connectivity index (χ1) is 7.80. The maximum Gasteiger partial charge on any atom is 0.410 e. The third-order valence-electron chi connectivity index (χ3n) is 2.02. The van der Waals surface area contributed by atoms with E-state index < -0.39 is 17.9 Å². The molecule has 0 aromatic heterocycles. The first-order valence-corrected chi connectivity index (χ1v) is 5.82. The highest BCUT2D eigenvalue weighted by molar-refractivity contribution is 5.68. The number of methoxy groups -OCH3 is 1. The van der Waals surface area contributed by atoms with Crippen molar-refractivity contribution >= 4 is 6.09 Å². The number of likely N-dealkylation sites (tertiary alicyclic amines) is 1. The predicted octanol–water partition coefficient (Wildman–Crippen LogP) is 2.62. The number of alkyl halides is 1. The molecule has 17 heavy (non-hydrogen) atoms. The average molecular weight is 249 g/mol. The van der Waals surface area contributed by atoms with Crippen LogP contribution in [0.2, 0.25) is 0 Å². The summed E-state index contributed by atoms with van der Waals surface area (Å²) in [7, 11) is 3.25. The Bertz CT molecular complexity index is 228. The molecule has 0 aromatic rings. The quantitative estimate of drug-likeness (QED) is 0.662. The molecule has 0 spiro atoms. The molecule has 102 valence electrons. The second kappa shape index (κ2) is 7.48. The lowest BCUT2D eigenvalue weighted by Gasteiger charge is -2.31. The van der Waals surface area contributed by atoms with E-state index >= 15 is 0 Å². The van der Waals surface area contributed by atoms with Gasteiger partial charge in [-0.1, -0.05) is 0 Å². The minimum absolute atomic E-state index is 0.176. The molecular formula is C12H24FNO3. The van der Waals surface area contributed by atoms with Crippen LogP contribution in [0.15, 0.2) is 0 Å². The van der Waals surface area contributed by atoms with Crippen molar-refractivity contribution in [3.8, 4) is 0 Å². The van der Waals surface area contributed by atoms with Gasteiger partial charge in [0.15, 0.2) is 0 Å². The zero-order valence-corrected chi connectivity index (χ0v) is 11.5. The molecule has 1 aliphatic heterocycles. The molecule has 1 aliphatic rings. The summed E-state index contributed by atoms with van der Waals surface area (Å²) in [6.07, 6.45) is -0.0178. The number of hydrogen-bond acceptors (Lipinski definition) is 3. The molecule has 1 fully saturated rings. The summed E-state index contributed by atoms with van der Waals surface area (Å²) >= 11 is 0. The molecule has 1 rings (SSSR count). The lowest BCUT2D eigenvalue weighted by Crippen LogP contribution is -2.43. The Labute approximate surface area is 103 Å². The number of carbonyl (C=O) groups is 1. The molecule has 1 amide bonds. The van der Waals surface area contributed by atoms with E-state index in [0.717, 1.165) is 6.42 Å². The molecule has 0 aliphatic carbocycles. The molecule has 4 nitrogen and oxygen atoms in total. The van der Waals surface area contributed by atoms with Crippen LogP contribution in [0.5, 0.6) is 0 Å². The molecule has 0 bridgehead atoms. The van der Waals surface area contributed by atoms with Crippen molar-refractivity contribution in [2.75, 3.05) is 27.3 Å². The van der Waals surface area contributed by atoms with E-state index in [1.165, 1.54) is 4.90 Å². The average Bonchev–Trinajstić information content (AvgIpc) is 2.16. The zero-order chi connectivity index (χ0) is 13.5. The van der Waals surface area contributed by atoms with Gasteiger partial charge in [0.25, 0.3) is 0 Å². The molecule has 1 saturated heterocycles. The Kier molecular flexibility index (Phi) is 7.11. The second-order valence-corrected chi connectivity index (χ2v) is 5.07. The van der Waals surface area contributed by atoms with Gasteiger partial charge in [0.2, 0.25) is 0 Å². The van der Waals surface area contributed by atoms with Crippen molar-refractivity contribution < 1.29 is 18.7 Å². The van der Waals surface area contributed by atoms with Crippen LogP contribution < -0.4 is 0 Å². The monoisotopic (exact) mass is 249 g/mol. The Balaban J connectivity index is 0.000000770. The van der Waals surface area contributed by atoms with E-state index in [4.69, 9.17) is 4.74 Å². The molecule has 1 unspecified atom stereocenters. The third kappa shape index (κ3) is 7.96. The standard InChI is InChI=1S/C10H18FNO2.C2H6O/c1-10(2,3)14-9(13)12-6-4-5-8(11)7-12;1-3-2/h8H,4-7H2,1-3H3;1-2H3. The van der Waals surface area contributed by atoms with Crippen molar-refractivity contribution in [3.05, 3.63) is 0 Å². The fourth-order valence-corrected chi connectivity index (χ4v) is 1.42. The van der Waals surface area contributed by atoms with Crippen molar-refractivity contribution in [1.82, 2.24) is 4.90 Å². The summed E-state index contributed by atoms with van der Waals surface area (Å²) in [6.45, 7) is 6.20. The Morgan fingerprint density at radius 3 is 2.29 bits per heavy atom. The van der Waals surface area contributed by atoms with Crippen molar-refractivity contribution in [3.63, 3.8) is 0 Å². The lowest BCUT2D eigenvalue weighted by atomic mass is 10.1. The third-order valence-corrected chi connectivity index (χ3v) is 2.02. The maximum absolute atomic E-state index is 13.0. The van der Waals surface area contributed by atoms with Crippen molar-refractivity contribution in [2.24, 2.45) is 0 Å². The molecule has 0 N–H and O–H groups in total. The Morgan fingerprint density at radius 2 is 1.88 bits per heavy atom. The van der Waals surface area contributed by atoms with Crippen LogP contribution in [0.4, 0.5) is 9.18 Å². The van der Waals surface area contributed by atoms with E-state index in [-0.39, 0.29) is 6.54 Å². The van der Waals surface area contributed by atoms with E-state index in [0.29, 0.717) is 13.0 Å².